The lowest BCUT2D eigenvalue weighted by Gasteiger charge is -2.14. The molecule has 0 spiro atoms. The molecule has 2 saturated carbocycles. The number of nitrogens with zero attached hydrogens (tertiary/aromatic N) is 4. The molecule has 2 heterocycles. The van der Waals surface area contributed by atoms with Crippen LogP contribution in [0.25, 0.3) is 0 Å². The molecule has 146 valence electrons. The molecule has 0 bridgehead atoms. The Bertz CT molecular complexity index is 863. The minimum absolute atomic E-state index is 0.0178. The van der Waals surface area contributed by atoms with Crippen molar-refractivity contribution in [3.05, 3.63) is 23.7 Å². The van der Waals surface area contributed by atoms with Gasteiger partial charge in [0, 0.05) is 31.3 Å². The van der Waals surface area contributed by atoms with Gasteiger partial charge in [-0.1, -0.05) is 0 Å². The van der Waals surface area contributed by atoms with E-state index in [1.807, 2.05) is 0 Å². The Morgan fingerprint density at radius 1 is 1.22 bits per heavy atom. The van der Waals surface area contributed by atoms with Crippen molar-refractivity contribution in [1.82, 2.24) is 19.7 Å². The van der Waals surface area contributed by atoms with E-state index in [4.69, 9.17) is 0 Å². The summed E-state index contributed by atoms with van der Waals surface area (Å²) < 4.78 is 67.1. The second-order valence-electron chi connectivity index (χ2n) is 6.95. The van der Waals surface area contributed by atoms with Gasteiger partial charge in [-0.3, -0.25) is 4.68 Å². The molecule has 0 saturated heterocycles. The van der Waals surface area contributed by atoms with Crippen LogP contribution in [0.1, 0.15) is 30.1 Å². The summed E-state index contributed by atoms with van der Waals surface area (Å²) in [5.74, 6) is -4.05. The van der Waals surface area contributed by atoms with Crippen LogP contribution in [0.15, 0.2) is 12.4 Å². The molecule has 0 aromatic carbocycles. The van der Waals surface area contributed by atoms with Gasteiger partial charge in [0.25, 0.3) is 5.92 Å². The maximum absolute atomic E-state index is 13.3. The SMILES string of the molecule is CNc1nc(Nc2cn(C3C[C@@H]4[C@H](C3)C4(F)F)nc2C)ncc1C(F)(F)F. The maximum atomic E-state index is 13.3. The largest absolute Gasteiger partial charge is 0.421 e. The van der Waals surface area contributed by atoms with Crippen molar-refractivity contribution >= 4 is 17.5 Å². The van der Waals surface area contributed by atoms with Gasteiger partial charge in [0.2, 0.25) is 5.95 Å². The molecule has 6 nitrogen and oxygen atoms in total. The molecular formula is C16H17F5N6. The third-order valence-electron chi connectivity index (χ3n) is 5.29. The first-order valence-corrected chi connectivity index (χ1v) is 8.43. The number of rotatable bonds is 4. The molecule has 27 heavy (non-hydrogen) atoms. The van der Waals surface area contributed by atoms with Crippen LogP contribution in [0.5, 0.6) is 0 Å². The molecule has 11 heteroatoms. The van der Waals surface area contributed by atoms with E-state index in [1.54, 1.807) is 17.8 Å². The van der Waals surface area contributed by atoms with Gasteiger partial charge in [-0.25, -0.2) is 13.8 Å². The highest BCUT2D eigenvalue weighted by molar-refractivity contribution is 5.57. The first-order valence-electron chi connectivity index (χ1n) is 8.43. The fraction of sp³-hybridized carbons (Fsp3) is 0.562. The standard InChI is InChI=1S/C16H17F5N6/c1-7-12(6-27(26-7)8-3-9-10(4-8)15(9,17)18)24-14-23-5-11(16(19,20)21)13(22-2)25-14/h5-6,8-10H,3-4H2,1-2H3,(H2,22,23,24,25)/t8?,9-,10+. The number of alkyl halides is 5. The summed E-state index contributed by atoms with van der Waals surface area (Å²) in [7, 11) is 1.34. The van der Waals surface area contributed by atoms with Crippen molar-refractivity contribution < 1.29 is 22.0 Å². The van der Waals surface area contributed by atoms with E-state index in [1.165, 1.54) is 7.05 Å². The Hall–Kier alpha value is -2.46. The second kappa shape index (κ2) is 5.77. The number of halogens is 5. The molecule has 0 aliphatic heterocycles. The average Bonchev–Trinajstić information content (AvgIpc) is 2.99. The van der Waals surface area contributed by atoms with Crippen molar-refractivity contribution in [2.24, 2.45) is 11.8 Å². The number of anilines is 3. The first-order chi connectivity index (χ1) is 12.6. The summed E-state index contributed by atoms with van der Waals surface area (Å²) in [5.41, 5.74) is 0.134. The lowest BCUT2D eigenvalue weighted by molar-refractivity contribution is -0.137. The van der Waals surface area contributed by atoms with E-state index >= 15 is 0 Å². The number of aromatic nitrogens is 4. The Labute approximate surface area is 151 Å². The molecule has 2 aliphatic rings. The van der Waals surface area contributed by atoms with Gasteiger partial charge in [-0.05, 0) is 19.8 Å². The van der Waals surface area contributed by atoms with E-state index < -0.39 is 29.5 Å². The van der Waals surface area contributed by atoms with Crippen molar-refractivity contribution in [2.75, 3.05) is 17.7 Å². The summed E-state index contributed by atoms with van der Waals surface area (Å²) in [5, 5.41) is 9.60. The zero-order valence-corrected chi connectivity index (χ0v) is 14.5. The number of hydrogen-bond donors (Lipinski definition) is 2. The van der Waals surface area contributed by atoms with Crippen LogP contribution in [0, 0.1) is 18.8 Å². The minimum atomic E-state index is -4.57. The summed E-state index contributed by atoms with van der Waals surface area (Å²) >= 11 is 0. The van der Waals surface area contributed by atoms with E-state index in [-0.39, 0.29) is 17.8 Å². The van der Waals surface area contributed by atoms with E-state index in [0.717, 1.165) is 0 Å². The second-order valence-corrected chi connectivity index (χ2v) is 6.95. The highest BCUT2D eigenvalue weighted by Gasteiger charge is 2.71. The molecule has 3 atom stereocenters. The third-order valence-corrected chi connectivity index (χ3v) is 5.29. The van der Waals surface area contributed by atoms with Crippen LogP contribution in [-0.4, -0.2) is 32.7 Å². The summed E-state index contributed by atoms with van der Waals surface area (Å²) in [4.78, 5) is 7.57. The smallest absolute Gasteiger partial charge is 0.372 e. The van der Waals surface area contributed by atoms with E-state index in [2.05, 4.69) is 25.7 Å². The zero-order chi connectivity index (χ0) is 19.6. The minimum Gasteiger partial charge on any atom is -0.372 e. The van der Waals surface area contributed by atoms with Crippen LogP contribution in [0.2, 0.25) is 0 Å². The van der Waals surface area contributed by atoms with Crippen molar-refractivity contribution in [2.45, 2.75) is 37.9 Å². The summed E-state index contributed by atoms with van der Waals surface area (Å²) in [6.07, 6.45) is -1.46. The molecule has 2 fully saturated rings. The highest BCUT2D eigenvalue weighted by Crippen LogP contribution is 2.66. The maximum Gasteiger partial charge on any atom is 0.421 e. The van der Waals surface area contributed by atoms with Crippen LogP contribution in [0.4, 0.5) is 39.4 Å². The average molecular weight is 388 g/mol. The fourth-order valence-electron chi connectivity index (χ4n) is 3.75. The van der Waals surface area contributed by atoms with Gasteiger partial charge in [0.05, 0.1) is 17.4 Å². The molecule has 0 radical (unpaired) electrons. The zero-order valence-electron chi connectivity index (χ0n) is 14.5. The van der Waals surface area contributed by atoms with Gasteiger partial charge < -0.3 is 10.6 Å². The molecule has 2 aromatic heterocycles. The quantitative estimate of drug-likeness (QED) is 0.775. The van der Waals surface area contributed by atoms with Crippen LogP contribution in [0.3, 0.4) is 0 Å². The Morgan fingerprint density at radius 3 is 2.48 bits per heavy atom. The lowest BCUT2D eigenvalue weighted by atomic mass is 10.1. The van der Waals surface area contributed by atoms with Gasteiger partial charge in [-0.15, -0.1) is 0 Å². The number of nitrogens with one attached hydrogen (secondary N) is 2. The predicted molar refractivity (Wildman–Crippen MR) is 87.0 cm³/mol. The van der Waals surface area contributed by atoms with Crippen molar-refractivity contribution in [3.63, 3.8) is 0 Å². The van der Waals surface area contributed by atoms with Crippen molar-refractivity contribution in [1.29, 1.82) is 0 Å². The number of aryl methyl sites for hydroxylation is 1. The van der Waals surface area contributed by atoms with E-state index in [0.29, 0.717) is 30.4 Å². The number of hydrogen-bond acceptors (Lipinski definition) is 5. The predicted octanol–water partition coefficient (Wildman–Crippen LogP) is 4.00. The van der Waals surface area contributed by atoms with Gasteiger partial charge in [-0.2, -0.15) is 23.3 Å². The highest BCUT2D eigenvalue weighted by atomic mass is 19.4. The van der Waals surface area contributed by atoms with E-state index in [9.17, 15) is 22.0 Å². The monoisotopic (exact) mass is 388 g/mol. The third kappa shape index (κ3) is 2.98. The molecular weight excluding hydrogens is 371 g/mol. The lowest BCUT2D eigenvalue weighted by Crippen LogP contribution is -2.13. The Balaban J connectivity index is 1.52. The topological polar surface area (TPSA) is 67.7 Å². The molecule has 0 amide bonds. The van der Waals surface area contributed by atoms with Crippen LogP contribution >= 0.6 is 0 Å². The molecule has 2 N–H and O–H groups in total. The molecule has 2 aromatic rings. The fourth-order valence-corrected chi connectivity index (χ4v) is 3.75. The van der Waals surface area contributed by atoms with Gasteiger partial charge >= 0.3 is 6.18 Å². The first kappa shape index (κ1) is 17.9. The molecule has 2 aliphatic carbocycles. The van der Waals surface area contributed by atoms with Gasteiger partial charge in [0.15, 0.2) is 0 Å². The Kier molecular flexibility index (Phi) is 3.83. The summed E-state index contributed by atoms with van der Waals surface area (Å²) in [6.45, 7) is 1.71. The molecule has 4 rings (SSSR count). The van der Waals surface area contributed by atoms with Crippen molar-refractivity contribution in [3.8, 4) is 0 Å². The van der Waals surface area contributed by atoms with Gasteiger partial charge in [0.1, 0.15) is 11.4 Å². The Morgan fingerprint density at radius 2 is 1.89 bits per heavy atom. The molecule has 1 unspecified atom stereocenters. The number of fused-ring (bicyclic) bond motifs is 1. The normalized spacial score (nSPS) is 26.0. The van der Waals surface area contributed by atoms with Crippen LogP contribution in [-0.2, 0) is 6.18 Å². The van der Waals surface area contributed by atoms with Crippen LogP contribution < -0.4 is 10.6 Å². The summed E-state index contributed by atoms with van der Waals surface area (Å²) in [6, 6.07) is -0.102.